The van der Waals surface area contributed by atoms with E-state index in [0.29, 0.717) is 6.54 Å². The molecule has 0 atom stereocenters. The molecular weight excluding hydrogens is 337 g/mol. The van der Waals surface area contributed by atoms with Crippen molar-refractivity contribution in [3.05, 3.63) is 46.2 Å². The van der Waals surface area contributed by atoms with E-state index in [9.17, 15) is 9.18 Å². The van der Waals surface area contributed by atoms with E-state index in [1.54, 1.807) is 12.1 Å². The Hall–Kier alpha value is -1.82. The second-order valence-corrected chi connectivity index (χ2v) is 7.99. The van der Waals surface area contributed by atoms with Gasteiger partial charge in [0.2, 0.25) is 0 Å². The molecule has 2 aliphatic heterocycles. The van der Waals surface area contributed by atoms with E-state index < -0.39 is 0 Å². The van der Waals surface area contributed by atoms with Crippen LogP contribution < -0.4 is 5.32 Å². The third-order valence-electron chi connectivity index (χ3n) is 5.52. The fourth-order valence-corrected chi connectivity index (χ4v) is 5.19. The van der Waals surface area contributed by atoms with Crippen molar-refractivity contribution >= 4 is 22.8 Å². The van der Waals surface area contributed by atoms with E-state index in [-0.39, 0.29) is 17.1 Å². The highest BCUT2D eigenvalue weighted by Gasteiger charge is 2.38. The average molecular weight is 359 g/mol. The van der Waals surface area contributed by atoms with Crippen molar-refractivity contribution in [2.75, 3.05) is 19.6 Å². The van der Waals surface area contributed by atoms with Crippen LogP contribution in [-0.4, -0.2) is 35.6 Å². The average Bonchev–Trinajstić information content (AvgIpc) is 3.31. The Morgan fingerprint density at radius 1 is 1.40 bits per heavy atom. The highest BCUT2D eigenvalue weighted by atomic mass is 32.2. The Bertz CT molecular complexity index is 768. The van der Waals surface area contributed by atoms with Gasteiger partial charge in [0.15, 0.2) is 5.17 Å². The number of benzene rings is 1. The van der Waals surface area contributed by atoms with Gasteiger partial charge in [-0.25, -0.2) is 4.39 Å². The second kappa shape index (κ2) is 6.48. The Kier molecular flexibility index (Phi) is 4.31. The fraction of sp³-hybridized carbons (Fsp3) is 0.474. The summed E-state index contributed by atoms with van der Waals surface area (Å²) in [5, 5.41) is 4.06. The van der Waals surface area contributed by atoms with Gasteiger partial charge in [-0.05, 0) is 49.2 Å². The van der Waals surface area contributed by atoms with Gasteiger partial charge in [0.1, 0.15) is 5.82 Å². The lowest BCUT2D eigenvalue weighted by molar-refractivity contribution is -0.117. The van der Waals surface area contributed by atoms with Gasteiger partial charge in [-0.1, -0.05) is 25.0 Å². The summed E-state index contributed by atoms with van der Waals surface area (Å²) >= 11 is 1.46. The lowest BCUT2D eigenvalue weighted by Gasteiger charge is -2.30. The number of hydrogen-bond donors (Lipinski definition) is 1. The van der Waals surface area contributed by atoms with E-state index in [4.69, 9.17) is 0 Å². The first-order valence-electron chi connectivity index (χ1n) is 8.84. The van der Waals surface area contributed by atoms with E-state index in [1.807, 2.05) is 13.0 Å². The van der Waals surface area contributed by atoms with Crippen molar-refractivity contribution in [1.82, 2.24) is 10.2 Å². The van der Waals surface area contributed by atoms with Crippen LogP contribution in [0.1, 0.15) is 38.2 Å². The Morgan fingerprint density at radius 2 is 2.20 bits per heavy atom. The minimum Gasteiger partial charge on any atom is -0.351 e. The number of nitrogens with one attached hydrogen (secondary N) is 1. The molecule has 0 bridgehead atoms. The summed E-state index contributed by atoms with van der Waals surface area (Å²) in [7, 11) is 0. The number of amides is 1. The number of carbonyl (C=O) groups excluding carboxylic acids is 1. The number of hydrogen-bond acceptors (Lipinski definition) is 4. The normalized spacial score (nSPS) is 21.5. The first-order valence-corrected chi connectivity index (χ1v) is 9.66. The van der Waals surface area contributed by atoms with Crippen LogP contribution >= 0.6 is 11.8 Å². The molecule has 0 radical (unpaired) electrons. The fourth-order valence-electron chi connectivity index (χ4n) is 4.09. The Morgan fingerprint density at radius 3 is 2.92 bits per heavy atom. The summed E-state index contributed by atoms with van der Waals surface area (Å²) in [6, 6.07) is 6.85. The molecule has 4 rings (SSSR count). The summed E-state index contributed by atoms with van der Waals surface area (Å²) in [5.74, 6) is -0.249. The third kappa shape index (κ3) is 2.97. The molecule has 132 valence electrons. The molecule has 4 nitrogen and oxygen atoms in total. The number of carbonyl (C=O) groups is 1. The van der Waals surface area contributed by atoms with Crippen LogP contribution in [0.3, 0.4) is 0 Å². The quantitative estimate of drug-likeness (QED) is 0.896. The summed E-state index contributed by atoms with van der Waals surface area (Å²) in [4.78, 5) is 20.0. The first-order chi connectivity index (χ1) is 12.1. The standard InChI is InChI=1S/C19H22FN3OS/c1-13-16(25-18-21-9-10-23(13)18)17(24)22-12-19(7-2-3-8-19)14-5-4-6-15(20)11-14/h4-6,11H,2-3,7-10,12H2,1H3,(H,22,24). The van der Waals surface area contributed by atoms with Gasteiger partial charge in [0, 0.05) is 24.2 Å². The van der Waals surface area contributed by atoms with Crippen molar-refractivity contribution in [2.45, 2.75) is 38.0 Å². The van der Waals surface area contributed by atoms with Crippen LogP contribution in [0.4, 0.5) is 4.39 Å². The van der Waals surface area contributed by atoms with Crippen molar-refractivity contribution in [3.8, 4) is 0 Å². The van der Waals surface area contributed by atoms with E-state index in [0.717, 1.165) is 60.1 Å². The minimum atomic E-state index is -0.210. The summed E-state index contributed by atoms with van der Waals surface area (Å²) < 4.78 is 13.7. The molecule has 0 saturated heterocycles. The molecule has 25 heavy (non-hydrogen) atoms. The largest absolute Gasteiger partial charge is 0.351 e. The SMILES string of the molecule is CC1=C(C(=O)NCC2(c3cccc(F)c3)CCCC2)SC2=NCCN21. The minimum absolute atomic E-state index is 0.0396. The van der Waals surface area contributed by atoms with Crippen molar-refractivity contribution in [3.63, 3.8) is 0 Å². The number of aliphatic imine (C=N–C) groups is 1. The molecule has 1 aromatic rings. The molecule has 1 amide bonds. The highest BCUT2D eigenvalue weighted by Crippen LogP contribution is 2.41. The number of allylic oxidation sites excluding steroid dienone is 1. The number of fused-ring (bicyclic) bond motifs is 1. The van der Waals surface area contributed by atoms with Gasteiger partial charge in [-0.15, -0.1) is 0 Å². The van der Waals surface area contributed by atoms with Crippen LogP contribution in [0.5, 0.6) is 0 Å². The second-order valence-electron chi connectivity index (χ2n) is 7.01. The number of thioether (sulfide) groups is 1. The van der Waals surface area contributed by atoms with Gasteiger partial charge >= 0.3 is 0 Å². The summed E-state index contributed by atoms with van der Waals surface area (Å²) in [6.45, 7) is 4.20. The Labute approximate surface area is 151 Å². The van der Waals surface area contributed by atoms with Crippen LogP contribution in [0.2, 0.25) is 0 Å². The Balaban J connectivity index is 1.50. The molecule has 0 aromatic heterocycles. The molecule has 2 heterocycles. The molecule has 1 aromatic carbocycles. The monoisotopic (exact) mass is 359 g/mol. The highest BCUT2D eigenvalue weighted by molar-refractivity contribution is 8.18. The predicted molar refractivity (Wildman–Crippen MR) is 98.9 cm³/mol. The first kappa shape index (κ1) is 16.6. The topological polar surface area (TPSA) is 44.7 Å². The molecule has 3 aliphatic rings. The van der Waals surface area contributed by atoms with Gasteiger partial charge < -0.3 is 10.2 Å². The molecule has 1 saturated carbocycles. The lowest BCUT2D eigenvalue weighted by Crippen LogP contribution is -2.39. The zero-order valence-corrected chi connectivity index (χ0v) is 15.2. The van der Waals surface area contributed by atoms with Crippen LogP contribution in [0, 0.1) is 5.82 Å². The number of nitrogens with zero attached hydrogens (tertiary/aromatic N) is 2. The molecule has 0 spiro atoms. The maximum absolute atomic E-state index is 13.7. The number of rotatable bonds is 4. The maximum atomic E-state index is 13.7. The lowest BCUT2D eigenvalue weighted by atomic mass is 9.78. The predicted octanol–water partition coefficient (Wildman–Crippen LogP) is 3.40. The van der Waals surface area contributed by atoms with E-state index in [1.165, 1.54) is 17.8 Å². The van der Waals surface area contributed by atoms with Gasteiger partial charge in [-0.3, -0.25) is 9.79 Å². The van der Waals surface area contributed by atoms with Crippen LogP contribution in [0.25, 0.3) is 0 Å². The molecule has 6 heteroatoms. The van der Waals surface area contributed by atoms with E-state index in [2.05, 4.69) is 15.2 Å². The zero-order valence-electron chi connectivity index (χ0n) is 14.3. The van der Waals surface area contributed by atoms with Crippen molar-refractivity contribution in [1.29, 1.82) is 0 Å². The van der Waals surface area contributed by atoms with E-state index >= 15 is 0 Å². The number of amidine groups is 1. The summed E-state index contributed by atoms with van der Waals surface area (Å²) in [5.41, 5.74) is 1.84. The zero-order chi connectivity index (χ0) is 17.4. The maximum Gasteiger partial charge on any atom is 0.259 e. The molecular formula is C19H22FN3OS. The van der Waals surface area contributed by atoms with Gasteiger partial charge in [0.05, 0.1) is 11.4 Å². The van der Waals surface area contributed by atoms with Gasteiger partial charge in [-0.2, -0.15) is 0 Å². The van der Waals surface area contributed by atoms with Gasteiger partial charge in [0.25, 0.3) is 5.91 Å². The number of halogens is 1. The third-order valence-corrected chi connectivity index (χ3v) is 6.74. The molecule has 1 aliphatic carbocycles. The molecule has 1 fully saturated rings. The van der Waals surface area contributed by atoms with Crippen LogP contribution in [-0.2, 0) is 10.2 Å². The molecule has 1 N–H and O–H groups in total. The van der Waals surface area contributed by atoms with Crippen LogP contribution in [0.15, 0.2) is 39.9 Å². The molecule has 0 unspecified atom stereocenters. The van der Waals surface area contributed by atoms with Crippen molar-refractivity contribution in [2.24, 2.45) is 4.99 Å². The van der Waals surface area contributed by atoms with Crippen molar-refractivity contribution < 1.29 is 9.18 Å². The smallest absolute Gasteiger partial charge is 0.259 e. The summed E-state index contributed by atoms with van der Waals surface area (Å²) in [6.07, 6.45) is 4.21.